The number of para-hydroxylation sites is 2. The summed E-state index contributed by atoms with van der Waals surface area (Å²) in [4.78, 5) is 10.9. The lowest BCUT2D eigenvalue weighted by Crippen LogP contribution is -2.48. The number of hydrogen-bond acceptors (Lipinski definition) is 4. The Morgan fingerprint density at radius 2 is 1.84 bits per heavy atom. The molecule has 0 saturated heterocycles. The lowest BCUT2D eigenvalue weighted by Gasteiger charge is -2.21. The number of ether oxygens (including phenoxy) is 2. The highest BCUT2D eigenvalue weighted by Gasteiger charge is 2.25. The molecular weight excluding hydrogens is 246 g/mol. The van der Waals surface area contributed by atoms with Crippen LogP contribution in [0.5, 0.6) is 11.5 Å². The summed E-state index contributed by atoms with van der Waals surface area (Å²) in [6.07, 6.45) is 0. The molecule has 106 valence electrons. The molecule has 0 amide bonds. The number of rotatable bonds is 8. The van der Waals surface area contributed by atoms with Gasteiger partial charge in [-0.05, 0) is 32.9 Å². The zero-order valence-corrected chi connectivity index (χ0v) is 11.6. The average Bonchev–Trinajstić information content (AvgIpc) is 2.36. The largest absolute Gasteiger partial charge is 0.490 e. The van der Waals surface area contributed by atoms with E-state index in [4.69, 9.17) is 14.6 Å². The second-order valence-corrected chi connectivity index (χ2v) is 4.59. The maximum absolute atomic E-state index is 10.9. The van der Waals surface area contributed by atoms with Crippen LogP contribution in [0.25, 0.3) is 0 Å². The molecule has 5 heteroatoms. The van der Waals surface area contributed by atoms with Crippen LogP contribution < -0.4 is 14.8 Å². The van der Waals surface area contributed by atoms with Gasteiger partial charge in [-0.1, -0.05) is 12.1 Å². The van der Waals surface area contributed by atoms with E-state index in [-0.39, 0.29) is 0 Å². The van der Waals surface area contributed by atoms with Gasteiger partial charge in [-0.3, -0.25) is 10.1 Å². The Labute approximate surface area is 113 Å². The first-order valence-corrected chi connectivity index (χ1v) is 6.30. The number of aliphatic carboxylic acids is 1. The van der Waals surface area contributed by atoms with Gasteiger partial charge in [0.1, 0.15) is 12.1 Å². The Morgan fingerprint density at radius 1 is 1.26 bits per heavy atom. The molecule has 0 unspecified atom stereocenters. The first-order valence-electron chi connectivity index (χ1n) is 6.30. The van der Waals surface area contributed by atoms with Gasteiger partial charge in [-0.25, -0.2) is 0 Å². The topological polar surface area (TPSA) is 67.8 Å². The van der Waals surface area contributed by atoms with Gasteiger partial charge >= 0.3 is 5.97 Å². The van der Waals surface area contributed by atoms with Crippen molar-refractivity contribution < 1.29 is 19.4 Å². The molecule has 0 aliphatic rings. The second kappa shape index (κ2) is 6.99. The number of hydrogen-bond donors (Lipinski definition) is 2. The van der Waals surface area contributed by atoms with E-state index >= 15 is 0 Å². The average molecular weight is 267 g/mol. The molecular formula is C14H21NO4. The third kappa shape index (κ3) is 4.79. The maximum Gasteiger partial charge on any atom is 0.323 e. The van der Waals surface area contributed by atoms with E-state index in [0.29, 0.717) is 31.3 Å². The van der Waals surface area contributed by atoms with Crippen molar-refractivity contribution in [2.45, 2.75) is 26.3 Å². The smallest absolute Gasteiger partial charge is 0.323 e. The number of carboxylic acid groups (broad SMARTS) is 1. The lowest BCUT2D eigenvalue weighted by atomic mass is 10.1. The van der Waals surface area contributed by atoms with Crippen molar-refractivity contribution in [1.82, 2.24) is 5.32 Å². The van der Waals surface area contributed by atoms with Crippen LogP contribution in [0.1, 0.15) is 20.8 Å². The van der Waals surface area contributed by atoms with Crippen molar-refractivity contribution in [1.29, 1.82) is 0 Å². The summed E-state index contributed by atoms with van der Waals surface area (Å²) < 4.78 is 11.0. The van der Waals surface area contributed by atoms with Crippen molar-refractivity contribution in [3.05, 3.63) is 24.3 Å². The summed E-state index contributed by atoms with van der Waals surface area (Å²) in [5.74, 6) is 0.476. The highest BCUT2D eigenvalue weighted by Crippen LogP contribution is 2.26. The van der Waals surface area contributed by atoms with Crippen LogP contribution in [0.3, 0.4) is 0 Å². The quantitative estimate of drug-likeness (QED) is 0.704. The Balaban J connectivity index is 2.43. The summed E-state index contributed by atoms with van der Waals surface area (Å²) in [6.45, 7) is 6.53. The Morgan fingerprint density at radius 3 is 2.37 bits per heavy atom. The zero-order chi connectivity index (χ0) is 14.3. The number of nitrogens with one attached hydrogen (secondary N) is 1. The predicted molar refractivity (Wildman–Crippen MR) is 72.8 cm³/mol. The van der Waals surface area contributed by atoms with Crippen LogP contribution >= 0.6 is 0 Å². The predicted octanol–water partition coefficient (Wildman–Crippen LogP) is 1.92. The van der Waals surface area contributed by atoms with Crippen molar-refractivity contribution in [3.8, 4) is 11.5 Å². The van der Waals surface area contributed by atoms with Gasteiger partial charge in [-0.15, -0.1) is 0 Å². The fourth-order valence-electron chi connectivity index (χ4n) is 1.44. The van der Waals surface area contributed by atoms with Gasteiger partial charge in [-0.2, -0.15) is 0 Å². The molecule has 0 spiro atoms. The van der Waals surface area contributed by atoms with E-state index in [0.717, 1.165) is 0 Å². The first kappa shape index (κ1) is 15.3. The SMILES string of the molecule is CCOc1ccccc1OCCNC(C)(C)C(=O)O. The molecule has 0 radical (unpaired) electrons. The second-order valence-electron chi connectivity index (χ2n) is 4.59. The summed E-state index contributed by atoms with van der Waals surface area (Å²) in [5.41, 5.74) is -0.956. The highest BCUT2D eigenvalue weighted by molar-refractivity contribution is 5.77. The lowest BCUT2D eigenvalue weighted by molar-refractivity contribution is -0.143. The van der Waals surface area contributed by atoms with Gasteiger partial charge in [0.15, 0.2) is 11.5 Å². The van der Waals surface area contributed by atoms with Crippen LogP contribution in [-0.2, 0) is 4.79 Å². The molecule has 5 nitrogen and oxygen atoms in total. The van der Waals surface area contributed by atoms with Crippen LogP contribution in [0.4, 0.5) is 0 Å². The zero-order valence-electron chi connectivity index (χ0n) is 11.6. The van der Waals surface area contributed by atoms with Gasteiger partial charge in [0.05, 0.1) is 6.61 Å². The summed E-state index contributed by atoms with van der Waals surface area (Å²) in [5, 5.41) is 11.9. The summed E-state index contributed by atoms with van der Waals surface area (Å²) >= 11 is 0. The molecule has 2 N–H and O–H groups in total. The van der Waals surface area contributed by atoms with Crippen molar-refractivity contribution in [2.24, 2.45) is 0 Å². The molecule has 0 fully saturated rings. The monoisotopic (exact) mass is 267 g/mol. The Bertz CT molecular complexity index is 418. The minimum atomic E-state index is -0.956. The first-order chi connectivity index (χ1) is 8.97. The van der Waals surface area contributed by atoms with Crippen molar-refractivity contribution >= 4 is 5.97 Å². The molecule has 0 aromatic heterocycles. The van der Waals surface area contributed by atoms with Gasteiger partial charge in [0.2, 0.25) is 0 Å². The van der Waals surface area contributed by atoms with E-state index in [1.54, 1.807) is 13.8 Å². The molecule has 0 aliphatic carbocycles. The molecule has 0 saturated carbocycles. The number of carbonyl (C=O) groups is 1. The van der Waals surface area contributed by atoms with Gasteiger partial charge in [0.25, 0.3) is 0 Å². The molecule has 1 aromatic rings. The van der Waals surface area contributed by atoms with Crippen LogP contribution in [0, 0.1) is 0 Å². The molecule has 0 heterocycles. The Kier molecular flexibility index (Phi) is 5.63. The van der Waals surface area contributed by atoms with Crippen LogP contribution in [0.15, 0.2) is 24.3 Å². The third-order valence-corrected chi connectivity index (χ3v) is 2.61. The minimum Gasteiger partial charge on any atom is -0.490 e. The molecule has 19 heavy (non-hydrogen) atoms. The van der Waals surface area contributed by atoms with Gasteiger partial charge in [0, 0.05) is 6.54 Å². The standard InChI is InChI=1S/C14H21NO4/c1-4-18-11-7-5-6-8-12(11)19-10-9-15-14(2,3)13(16)17/h5-8,15H,4,9-10H2,1-3H3,(H,16,17). The summed E-state index contributed by atoms with van der Waals surface area (Å²) in [6, 6.07) is 7.41. The fraction of sp³-hybridized carbons (Fsp3) is 0.500. The van der Waals surface area contributed by atoms with Crippen molar-refractivity contribution in [3.63, 3.8) is 0 Å². The highest BCUT2D eigenvalue weighted by atomic mass is 16.5. The van der Waals surface area contributed by atoms with E-state index in [2.05, 4.69) is 5.32 Å². The van der Waals surface area contributed by atoms with E-state index in [1.165, 1.54) is 0 Å². The molecule has 0 bridgehead atoms. The molecule has 0 aliphatic heterocycles. The van der Waals surface area contributed by atoms with E-state index < -0.39 is 11.5 Å². The van der Waals surface area contributed by atoms with Gasteiger partial charge < -0.3 is 14.6 Å². The number of carboxylic acids is 1. The minimum absolute atomic E-state index is 0.376. The fourth-order valence-corrected chi connectivity index (χ4v) is 1.44. The maximum atomic E-state index is 10.9. The molecule has 0 atom stereocenters. The molecule has 1 rings (SSSR count). The van der Waals surface area contributed by atoms with Crippen molar-refractivity contribution in [2.75, 3.05) is 19.8 Å². The normalized spacial score (nSPS) is 11.1. The summed E-state index contributed by atoms with van der Waals surface area (Å²) in [7, 11) is 0. The Hall–Kier alpha value is -1.75. The van der Waals surface area contributed by atoms with E-state index in [1.807, 2.05) is 31.2 Å². The van der Waals surface area contributed by atoms with E-state index in [9.17, 15) is 4.79 Å². The molecule has 1 aromatic carbocycles. The van der Waals surface area contributed by atoms with Crippen LogP contribution in [0.2, 0.25) is 0 Å². The third-order valence-electron chi connectivity index (χ3n) is 2.61. The van der Waals surface area contributed by atoms with Crippen LogP contribution in [-0.4, -0.2) is 36.4 Å². The number of benzene rings is 1.